The zero-order chi connectivity index (χ0) is 20.8. The summed E-state index contributed by atoms with van der Waals surface area (Å²) in [6.07, 6.45) is 3.29. The van der Waals surface area contributed by atoms with Gasteiger partial charge in [-0.25, -0.2) is 15.0 Å². The molecule has 1 atom stereocenters. The van der Waals surface area contributed by atoms with Crippen LogP contribution in [0.2, 0.25) is 0 Å². The fraction of sp³-hybridized carbons (Fsp3) is 0.250. The number of amides is 1. The highest BCUT2D eigenvalue weighted by Gasteiger charge is 2.33. The molecule has 1 aliphatic heterocycles. The summed E-state index contributed by atoms with van der Waals surface area (Å²) in [5.41, 5.74) is 3.86. The first-order valence-electron chi connectivity index (χ1n) is 9.36. The van der Waals surface area contributed by atoms with Gasteiger partial charge in [0.25, 0.3) is 0 Å². The van der Waals surface area contributed by atoms with Crippen LogP contribution in [0.15, 0.2) is 30.9 Å². The van der Waals surface area contributed by atoms with E-state index in [1.54, 1.807) is 25.2 Å². The number of H-pyrrole nitrogens is 1. The van der Waals surface area contributed by atoms with E-state index in [0.29, 0.717) is 40.7 Å². The summed E-state index contributed by atoms with van der Waals surface area (Å²) in [7, 11) is 3.18. The molecule has 0 aliphatic carbocycles. The van der Waals surface area contributed by atoms with E-state index in [2.05, 4.69) is 30.4 Å². The van der Waals surface area contributed by atoms with Crippen LogP contribution in [-0.2, 0) is 4.79 Å². The summed E-state index contributed by atoms with van der Waals surface area (Å²) in [5, 5.41) is 7.65. The van der Waals surface area contributed by atoms with Crippen LogP contribution >= 0.6 is 0 Å². The highest BCUT2D eigenvalue weighted by molar-refractivity contribution is 5.95. The van der Waals surface area contributed by atoms with Crippen molar-refractivity contribution in [3.63, 3.8) is 0 Å². The SMILES string of the molecule is COc1ccc(C2CC(=O)Nc3c2c(C)nn3-c2ncnc3nc[nH]c23)cc1OC. The van der Waals surface area contributed by atoms with Crippen molar-refractivity contribution in [2.75, 3.05) is 19.5 Å². The lowest BCUT2D eigenvalue weighted by atomic mass is 9.85. The molecular weight excluding hydrogens is 386 g/mol. The van der Waals surface area contributed by atoms with Crippen LogP contribution in [0.3, 0.4) is 0 Å². The van der Waals surface area contributed by atoms with E-state index >= 15 is 0 Å². The van der Waals surface area contributed by atoms with Gasteiger partial charge in [0.05, 0.1) is 26.2 Å². The van der Waals surface area contributed by atoms with Gasteiger partial charge in [0.2, 0.25) is 5.91 Å². The Balaban J connectivity index is 1.68. The molecule has 0 saturated carbocycles. The Kier molecular flexibility index (Phi) is 4.12. The molecule has 0 fully saturated rings. The molecule has 30 heavy (non-hydrogen) atoms. The van der Waals surface area contributed by atoms with E-state index < -0.39 is 0 Å². The number of carbonyl (C=O) groups excluding carboxylic acids is 1. The number of rotatable bonds is 4. The molecule has 2 N–H and O–H groups in total. The standard InChI is InChI=1S/C20H19N7O3/c1-10-16-12(11-4-5-13(29-2)14(6-11)30-3)7-15(28)25-19(16)27(26-10)20-17-18(22-8-21-17)23-9-24-20/h4-6,8-9,12H,7H2,1-3H3,(H,25,28)(H,21,22,23,24). The molecule has 10 heteroatoms. The molecule has 10 nitrogen and oxygen atoms in total. The first kappa shape index (κ1) is 18.1. The first-order chi connectivity index (χ1) is 14.6. The lowest BCUT2D eigenvalue weighted by molar-refractivity contribution is -0.116. The number of fused-ring (bicyclic) bond motifs is 2. The summed E-state index contributed by atoms with van der Waals surface area (Å²) in [4.78, 5) is 28.4. The highest BCUT2D eigenvalue weighted by Crippen LogP contribution is 2.42. The van der Waals surface area contributed by atoms with E-state index in [1.807, 2.05) is 25.1 Å². The molecule has 0 radical (unpaired) electrons. The number of imidazole rings is 1. The summed E-state index contributed by atoms with van der Waals surface area (Å²) in [6, 6.07) is 5.70. The van der Waals surface area contributed by atoms with Gasteiger partial charge >= 0.3 is 0 Å². The van der Waals surface area contributed by atoms with Gasteiger partial charge in [-0.1, -0.05) is 6.07 Å². The third kappa shape index (κ3) is 2.68. The van der Waals surface area contributed by atoms with Crippen molar-refractivity contribution in [1.29, 1.82) is 0 Å². The number of hydrogen-bond donors (Lipinski definition) is 2. The minimum atomic E-state index is -0.179. The largest absolute Gasteiger partial charge is 0.493 e. The monoisotopic (exact) mass is 405 g/mol. The van der Waals surface area contributed by atoms with E-state index in [9.17, 15) is 4.79 Å². The third-order valence-electron chi connectivity index (χ3n) is 5.32. The third-order valence-corrected chi connectivity index (χ3v) is 5.32. The molecule has 1 aliphatic rings. The Bertz CT molecular complexity index is 1280. The maximum Gasteiger partial charge on any atom is 0.226 e. The smallest absolute Gasteiger partial charge is 0.226 e. The van der Waals surface area contributed by atoms with Crippen molar-refractivity contribution in [3.8, 4) is 17.3 Å². The molecule has 0 bridgehead atoms. The molecule has 0 spiro atoms. The fourth-order valence-electron chi connectivity index (χ4n) is 3.97. The molecular formula is C20H19N7O3. The van der Waals surface area contributed by atoms with Gasteiger partial charge in [0.15, 0.2) is 23.0 Å². The van der Waals surface area contributed by atoms with Crippen LogP contribution < -0.4 is 14.8 Å². The lowest BCUT2D eigenvalue weighted by Crippen LogP contribution is -2.25. The summed E-state index contributed by atoms with van der Waals surface area (Å²) in [6.45, 7) is 1.92. The van der Waals surface area contributed by atoms with Crippen molar-refractivity contribution < 1.29 is 14.3 Å². The second-order valence-corrected chi connectivity index (χ2v) is 6.98. The van der Waals surface area contributed by atoms with Crippen LogP contribution in [-0.4, -0.2) is 49.8 Å². The van der Waals surface area contributed by atoms with Crippen molar-refractivity contribution >= 4 is 22.9 Å². The number of benzene rings is 1. The van der Waals surface area contributed by atoms with E-state index in [4.69, 9.17) is 9.47 Å². The Hall–Kier alpha value is -3.95. The maximum absolute atomic E-state index is 12.6. The van der Waals surface area contributed by atoms with Gasteiger partial charge < -0.3 is 19.8 Å². The Morgan fingerprint density at radius 2 is 1.97 bits per heavy atom. The zero-order valence-electron chi connectivity index (χ0n) is 16.6. The number of hydrogen-bond acceptors (Lipinski definition) is 7. The minimum Gasteiger partial charge on any atom is -0.493 e. The number of methoxy groups -OCH3 is 2. The van der Waals surface area contributed by atoms with Crippen LogP contribution in [0.1, 0.15) is 29.2 Å². The average molecular weight is 405 g/mol. The molecule has 1 aromatic carbocycles. The van der Waals surface area contributed by atoms with E-state index in [0.717, 1.165) is 16.8 Å². The number of aromatic nitrogens is 6. The molecule has 0 saturated heterocycles. The molecule has 1 unspecified atom stereocenters. The van der Waals surface area contributed by atoms with Crippen LogP contribution in [0.25, 0.3) is 17.0 Å². The summed E-state index contributed by atoms with van der Waals surface area (Å²) >= 11 is 0. The molecule has 1 amide bonds. The van der Waals surface area contributed by atoms with E-state index in [1.165, 1.54) is 6.33 Å². The predicted octanol–water partition coefficient (Wildman–Crippen LogP) is 2.34. The van der Waals surface area contributed by atoms with Crippen molar-refractivity contribution in [3.05, 3.63) is 47.7 Å². The number of carbonyl (C=O) groups is 1. The fourth-order valence-corrected chi connectivity index (χ4v) is 3.97. The Labute approximate surface area is 171 Å². The molecule has 4 aromatic rings. The van der Waals surface area contributed by atoms with Crippen LogP contribution in [0.4, 0.5) is 5.82 Å². The lowest BCUT2D eigenvalue weighted by Gasteiger charge is -2.25. The number of ether oxygens (including phenoxy) is 2. The van der Waals surface area contributed by atoms with Gasteiger partial charge in [-0.2, -0.15) is 9.78 Å². The minimum absolute atomic E-state index is 0.0988. The number of aromatic amines is 1. The average Bonchev–Trinajstić information content (AvgIpc) is 3.37. The van der Waals surface area contributed by atoms with Gasteiger partial charge in [-0.3, -0.25) is 4.79 Å². The highest BCUT2D eigenvalue weighted by atomic mass is 16.5. The maximum atomic E-state index is 12.6. The predicted molar refractivity (Wildman–Crippen MR) is 108 cm³/mol. The van der Waals surface area contributed by atoms with Crippen LogP contribution in [0.5, 0.6) is 11.5 Å². The zero-order valence-corrected chi connectivity index (χ0v) is 16.6. The van der Waals surface area contributed by atoms with Gasteiger partial charge in [-0.15, -0.1) is 0 Å². The second-order valence-electron chi connectivity index (χ2n) is 6.98. The van der Waals surface area contributed by atoms with E-state index in [-0.39, 0.29) is 11.8 Å². The van der Waals surface area contributed by atoms with Crippen molar-refractivity contribution in [2.24, 2.45) is 0 Å². The normalized spacial score (nSPS) is 15.7. The molecule has 5 rings (SSSR count). The Morgan fingerprint density at radius 3 is 2.77 bits per heavy atom. The quantitative estimate of drug-likeness (QED) is 0.535. The molecule has 4 heterocycles. The van der Waals surface area contributed by atoms with Gasteiger partial charge in [0, 0.05) is 17.9 Å². The molecule has 3 aromatic heterocycles. The number of anilines is 1. The number of nitrogens with zero attached hydrogens (tertiary/aromatic N) is 5. The first-order valence-corrected chi connectivity index (χ1v) is 9.36. The number of aryl methyl sites for hydroxylation is 1. The second kappa shape index (κ2) is 6.83. The van der Waals surface area contributed by atoms with Crippen LogP contribution in [0, 0.1) is 6.92 Å². The number of nitrogens with one attached hydrogen (secondary N) is 2. The van der Waals surface area contributed by atoms with Crippen molar-refractivity contribution in [1.82, 2.24) is 29.7 Å². The van der Waals surface area contributed by atoms with Gasteiger partial charge in [0.1, 0.15) is 17.7 Å². The molecule has 152 valence electrons. The summed E-state index contributed by atoms with van der Waals surface area (Å²) in [5.74, 6) is 2.09. The topological polar surface area (TPSA) is 120 Å². The summed E-state index contributed by atoms with van der Waals surface area (Å²) < 4.78 is 12.4. The Morgan fingerprint density at radius 1 is 1.13 bits per heavy atom. The van der Waals surface area contributed by atoms with Crippen molar-refractivity contribution in [2.45, 2.75) is 19.3 Å². The van der Waals surface area contributed by atoms with Gasteiger partial charge in [-0.05, 0) is 24.6 Å².